The highest BCUT2D eigenvalue weighted by Gasteiger charge is 2.22. The van der Waals surface area contributed by atoms with Gasteiger partial charge in [0.1, 0.15) is 11.2 Å². The summed E-state index contributed by atoms with van der Waals surface area (Å²) in [6, 6.07) is 85.4. The largest absolute Gasteiger partial charge is 0.456 e. The number of pyridine rings is 1. The van der Waals surface area contributed by atoms with Crippen molar-refractivity contribution in [2.24, 2.45) is 0 Å². The van der Waals surface area contributed by atoms with Crippen LogP contribution < -0.4 is 4.90 Å². The van der Waals surface area contributed by atoms with Crippen LogP contribution >= 0.6 is 0 Å². The van der Waals surface area contributed by atoms with Crippen LogP contribution in [0.4, 0.5) is 17.1 Å². The highest BCUT2D eigenvalue weighted by Crippen LogP contribution is 2.46. The molecule has 0 amide bonds. The van der Waals surface area contributed by atoms with Crippen molar-refractivity contribution in [3.8, 4) is 44.5 Å². The van der Waals surface area contributed by atoms with E-state index >= 15 is 0 Å². The van der Waals surface area contributed by atoms with Crippen LogP contribution in [0, 0.1) is 0 Å². The maximum absolute atomic E-state index is 6.47. The number of nitrogens with zero attached hydrogens (tertiary/aromatic N) is 2. The van der Waals surface area contributed by atoms with E-state index in [1.807, 2.05) is 6.07 Å². The number of anilines is 3. The number of benzene rings is 10. The molecule has 3 heteroatoms. The molecule has 0 unspecified atom stereocenters. The number of fused-ring (bicyclic) bond motifs is 11. The van der Waals surface area contributed by atoms with Crippen molar-refractivity contribution >= 4 is 77.0 Å². The van der Waals surface area contributed by atoms with Crippen LogP contribution in [0.5, 0.6) is 0 Å². The summed E-state index contributed by atoms with van der Waals surface area (Å²) in [7, 11) is 0. The maximum Gasteiger partial charge on any atom is 0.136 e. The molecule has 0 aliphatic carbocycles. The smallest absolute Gasteiger partial charge is 0.136 e. The summed E-state index contributed by atoms with van der Waals surface area (Å²) in [6.45, 7) is 0. The number of hydrogen-bond donors (Lipinski definition) is 0. The third kappa shape index (κ3) is 6.12. The molecule has 3 heterocycles. The van der Waals surface area contributed by atoms with Crippen LogP contribution in [0.1, 0.15) is 0 Å². The molecule has 0 spiro atoms. The van der Waals surface area contributed by atoms with Gasteiger partial charge in [-0.1, -0.05) is 164 Å². The first-order valence-electron chi connectivity index (χ1n) is 22.2. The SMILES string of the molecule is c1ccc(-c2ccc(N(c3ccc(-c4ccccc4)cc3)c3ccc(-c4ccc5c6ccccc6c6c(c(-c7ccc8c(c7)oc7ccccc78)c7ccccn76)c5c4)cc3)cc2)cc1. The maximum atomic E-state index is 6.47. The standard InChI is InChI=1S/C62H40N2O/c1-3-13-41(14-4-1)43-22-30-48(31-23-43)64(49-32-24-44(25-33-49)42-15-5-2-6-16-42)50-34-26-45(27-35-50)46-28-36-52-51-17-7-8-19-55(51)62-61(56(52)39-46)60(57-20-11-12-38-63(57)62)47-29-37-54-53-18-9-10-21-58(53)65-59(54)40-47/h1-40H. The summed E-state index contributed by atoms with van der Waals surface area (Å²) in [5, 5.41) is 8.44. The number of hydrogen-bond acceptors (Lipinski definition) is 2. The van der Waals surface area contributed by atoms with Crippen molar-refractivity contribution in [2.45, 2.75) is 0 Å². The zero-order valence-corrected chi connectivity index (χ0v) is 35.4. The van der Waals surface area contributed by atoms with Crippen LogP contribution in [0.25, 0.3) is 104 Å². The fourth-order valence-electron chi connectivity index (χ4n) is 10.1. The molecule has 13 aromatic rings. The zero-order chi connectivity index (χ0) is 42.8. The quantitative estimate of drug-likeness (QED) is 0.149. The fraction of sp³-hybridized carbons (Fsp3) is 0. The molecular formula is C62H40N2O. The lowest BCUT2D eigenvalue weighted by Gasteiger charge is -2.26. The molecule has 13 rings (SSSR count). The van der Waals surface area contributed by atoms with E-state index in [2.05, 4.69) is 246 Å². The molecule has 0 fully saturated rings. The molecule has 0 radical (unpaired) electrons. The Kier molecular flexibility index (Phi) is 8.53. The molecule has 0 N–H and O–H groups in total. The van der Waals surface area contributed by atoms with Gasteiger partial charge in [-0.05, 0) is 128 Å². The predicted octanol–water partition coefficient (Wildman–Crippen LogP) is 17.4. The topological polar surface area (TPSA) is 20.8 Å². The molecular weight excluding hydrogens is 789 g/mol. The van der Waals surface area contributed by atoms with Gasteiger partial charge in [0.05, 0.1) is 11.0 Å². The van der Waals surface area contributed by atoms with Crippen molar-refractivity contribution < 1.29 is 4.42 Å². The first kappa shape index (κ1) is 36.9. The van der Waals surface area contributed by atoms with Gasteiger partial charge in [0.2, 0.25) is 0 Å². The molecule has 0 atom stereocenters. The van der Waals surface area contributed by atoms with E-state index in [1.165, 1.54) is 71.3 Å². The molecule has 0 saturated heterocycles. The van der Waals surface area contributed by atoms with E-state index < -0.39 is 0 Å². The van der Waals surface area contributed by atoms with Crippen molar-refractivity contribution in [2.75, 3.05) is 4.90 Å². The normalized spacial score (nSPS) is 11.7. The van der Waals surface area contributed by atoms with Crippen LogP contribution in [0.3, 0.4) is 0 Å². The van der Waals surface area contributed by atoms with E-state index in [9.17, 15) is 0 Å². The summed E-state index contributed by atoms with van der Waals surface area (Å²) in [6.07, 6.45) is 2.21. The van der Waals surface area contributed by atoms with Crippen LogP contribution in [-0.4, -0.2) is 4.40 Å². The molecule has 3 aromatic heterocycles. The summed E-state index contributed by atoms with van der Waals surface area (Å²) >= 11 is 0. The molecule has 304 valence electrons. The van der Waals surface area contributed by atoms with E-state index in [1.54, 1.807) is 0 Å². The van der Waals surface area contributed by atoms with Gasteiger partial charge < -0.3 is 13.7 Å². The lowest BCUT2D eigenvalue weighted by molar-refractivity contribution is 0.669. The van der Waals surface area contributed by atoms with Crippen LogP contribution in [0.15, 0.2) is 247 Å². The van der Waals surface area contributed by atoms with E-state index in [0.29, 0.717) is 0 Å². The minimum atomic E-state index is 0.895. The molecule has 3 nitrogen and oxygen atoms in total. The Morgan fingerprint density at radius 2 is 0.769 bits per heavy atom. The Balaban J connectivity index is 0.961. The molecule has 0 saturated carbocycles. The zero-order valence-electron chi connectivity index (χ0n) is 35.4. The number of aromatic nitrogens is 1. The second kappa shape index (κ2) is 15.0. The predicted molar refractivity (Wildman–Crippen MR) is 274 cm³/mol. The van der Waals surface area contributed by atoms with E-state index in [4.69, 9.17) is 4.42 Å². The molecule has 0 aliphatic rings. The van der Waals surface area contributed by atoms with Gasteiger partial charge in [0.15, 0.2) is 0 Å². The average molecular weight is 829 g/mol. The van der Waals surface area contributed by atoms with Gasteiger partial charge in [0, 0.05) is 50.4 Å². The van der Waals surface area contributed by atoms with Crippen molar-refractivity contribution in [3.05, 3.63) is 243 Å². The van der Waals surface area contributed by atoms with Gasteiger partial charge >= 0.3 is 0 Å². The second-order valence-corrected chi connectivity index (χ2v) is 16.9. The first-order chi connectivity index (χ1) is 32.2. The van der Waals surface area contributed by atoms with Gasteiger partial charge in [-0.15, -0.1) is 0 Å². The summed E-state index contributed by atoms with van der Waals surface area (Å²) < 4.78 is 8.85. The summed E-state index contributed by atoms with van der Waals surface area (Å²) in [5.74, 6) is 0. The Bertz CT molecular complexity index is 3820. The third-order valence-electron chi connectivity index (χ3n) is 13.2. The number of para-hydroxylation sites is 1. The highest BCUT2D eigenvalue weighted by molar-refractivity contribution is 6.31. The van der Waals surface area contributed by atoms with Gasteiger partial charge in [0.25, 0.3) is 0 Å². The third-order valence-corrected chi connectivity index (χ3v) is 13.2. The lowest BCUT2D eigenvalue weighted by Crippen LogP contribution is -2.09. The van der Waals surface area contributed by atoms with Gasteiger partial charge in [-0.3, -0.25) is 0 Å². The van der Waals surface area contributed by atoms with Crippen molar-refractivity contribution in [3.63, 3.8) is 0 Å². The Labute approximate surface area is 376 Å². The van der Waals surface area contributed by atoms with E-state index in [-0.39, 0.29) is 0 Å². The molecule has 65 heavy (non-hydrogen) atoms. The summed E-state index contributed by atoms with van der Waals surface area (Å²) in [4.78, 5) is 2.35. The molecule has 0 aliphatic heterocycles. The Hall–Kier alpha value is -8.66. The van der Waals surface area contributed by atoms with Crippen LogP contribution in [-0.2, 0) is 0 Å². The molecule has 10 aromatic carbocycles. The average Bonchev–Trinajstić information content (AvgIpc) is 3.94. The molecule has 0 bridgehead atoms. The highest BCUT2D eigenvalue weighted by atomic mass is 16.3. The van der Waals surface area contributed by atoms with Crippen LogP contribution in [0.2, 0.25) is 0 Å². The first-order valence-corrected chi connectivity index (χ1v) is 22.2. The van der Waals surface area contributed by atoms with E-state index in [0.717, 1.165) is 50.1 Å². The van der Waals surface area contributed by atoms with Gasteiger partial charge in [-0.25, -0.2) is 0 Å². The summed E-state index contributed by atoms with van der Waals surface area (Å²) in [5.41, 5.74) is 16.9. The Morgan fingerprint density at radius 3 is 1.42 bits per heavy atom. The second-order valence-electron chi connectivity index (χ2n) is 16.9. The fourth-order valence-corrected chi connectivity index (χ4v) is 10.1. The minimum Gasteiger partial charge on any atom is -0.456 e. The Morgan fingerprint density at radius 1 is 0.308 bits per heavy atom. The number of furan rings is 1. The van der Waals surface area contributed by atoms with Crippen molar-refractivity contribution in [1.82, 2.24) is 4.40 Å². The van der Waals surface area contributed by atoms with Crippen molar-refractivity contribution in [1.29, 1.82) is 0 Å². The van der Waals surface area contributed by atoms with Gasteiger partial charge in [-0.2, -0.15) is 0 Å². The number of rotatable bonds is 7. The minimum absolute atomic E-state index is 0.895. The lowest BCUT2D eigenvalue weighted by atomic mass is 9.91. The monoisotopic (exact) mass is 828 g/mol.